The average molecular weight is 301 g/mol. The molecule has 1 aliphatic heterocycles. The van der Waals surface area contributed by atoms with Crippen molar-refractivity contribution in [2.45, 2.75) is 19.5 Å². The lowest BCUT2D eigenvalue weighted by atomic mass is 10.2. The quantitative estimate of drug-likeness (QED) is 0.925. The van der Waals surface area contributed by atoms with E-state index in [1.54, 1.807) is 0 Å². The number of nitrogens with zero attached hydrogens (tertiary/aromatic N) is 1. The van der Waals surface area contributed by atoms with Crippen molar-refractivity contribution in [2.75, 3.05) is 24.6 Å². The highest BCUT2D eigenvalue weighted by Gasteiger charge is 2.21. The molecular formula is C14H21ClN2OS. The highest BCUT2D eigenvalue weighted by molar-refractivity contribution is 7.99. The minimum Gasteiger partial charge on any atom is -0.340 e. The van der Waals surface area contributed by atoms with Gasteiger partial charge < -0.3 is 10.2 Å². The topological polar surface area (TPSA) is 32.3 Å². The van der Waals surface area contributed by atoms with E-state index in [-0.39, 0.29) is 24.4 Å². The van der Waals surface area contributed by atoms with E-state index in [1.807, 2.05) is 41.8 Å². The van der Waals surface area contributed by atoms with Gasteiger partial charge in [-0.25, -0.2) is 0 Å². The van der Waals surface area contributed by atoms with Crippen LogP contribution in [0.4, 0.5) is 0 Å². The third kappa shape index (κ3) is 5.05. The third-order valence-corrected chi connectivity index (χ3v) is 4.09. The molecule has 1 saturated heterocycles. The van der Waals surface area contributed by atoms with Gasteiger partial charge in [-0.05, 0) is 12.5 Å². The number of hydrogen-bond acceptors (Lipinski definition) is 3. The van der Waals surface area contributed by atoms with Gasteiger partial charge >= 0.3 is 0 Å². The van der Waals surface area contributed by atoms with Gasteiger partial charge in [0.1, 0.15) is 0 Å². The highest BCUT2D eigenvalue weighted by Crippen LogP contribution is 2.10. The normalized spacial score (nSPS) is 16.6. The van der Waals surface area contributed by atoms with Crippen molar-refractivity contribution in [3.05, 3.63) is 35.9 Å². The molecule has 1 amide bonds. The number of thioether (sulfide) groups is 1. The van der Waals surface area contributed by atoms with E-state index in [0.717, 1.165) is 31.1 Å². The molecule has 1 fully saturated rings. The predicted octanol–water partition coefficient (Wildman–Crippen LogP) is 2.16. The number of carbonyl (C=O) groups excluding carboxylic acids is 1. The molecule has 0 spiro atoms. The number of benzene rings is 1. The van der Waals surface area contributed by atoms with Crippen molar-refractivity contribution >= 4 is 30.1 Å². The van der Waals surface area contributed by atoms with Crippen molar-refractivity contribution in [2.24, 2.45) is 0 Å². The zero-order valence-electron chi connectivity index (χ0n) is 11.2. The number of hydrogen-bond donors (Lipinski definition) is 1. The highest BCUT2D eigenvalue weighted by atomic mass is 35.5. The van der Waals surface area contributed by atoms with Gasteiger partial charge in [-0.1, -0.05) is 30.3 Å². The Morgan fingerprint density at radius 3 is 2.58 bits per heavy atom. The van der Waals surface area contributed by atoms with Gasteiger partial charge in [-0.3, -0.25) is 4.79 Å². The second-order valence-electron chi connectivity index (χ2n) is 4.53. The standard InChI is InChI=1S/C14H20N2OS.ClH/c1-12(14(17)16-7-9-18-10-8-16)15-11-13-5-3-2-4-6-13;/h2-6,12,15H,7-11H2,1H3;1H. The molecule has 0 aromatic heterocycles. The van der Waals surface area contributed by atoms with Gasteiger partial charge in [-0.2, -0.15) is 11.8 Å². The number of halogens is 1. The number of nitrogens with one attached hydrogen (secondary N) is 1. The van der Waals surface area contributed by atoms with Gasteiger partial charge in [0.25, 0.3) is 0 Å². The summed E-state index contributed by atoms with van der Waals surface area (Å²) in [6.45, 7) is 4.48. The first-order valence-corrected chi connectivity index (χ1v) is 7.56. The van der Waals surface area contributed by atoms with Crippen molar-refractivity contribution < 1.29 is 4.79 Å². The maximum absolute atomic E-state index is 12.2. The first kappa shape index (κ1) is 16.3. The summed E-state index contributed by atoms with van der Waals surface area (Å²) < 4.78 is 0. The Morgan fingerprint density at radius 1 is 1.32 bits per heavy atom. The zero-order valence-corrected chi connectivity index (χ0v) is 12.8. The van der Waals surface area contributed by atoms with Gasteiger partial charge in [0.2, 0.25) is 5.91 Å². The van der Waals surface area contributed by atoms with E-state index in [1.165, 1.54) is 5.56 Å². The van der Waals surface area contributed by atoms with Gasteiger partial charge in [0.15, 0.2) is 0 Å². The Hall–Kier alpha value is -0.710. The summed E-state index contributed by atoms with van der Waals surface area (Å²) in [6, 6.07) is 10.1. The SMILES string of the molecule is CC(NCc1ccccc1)C(=O)N1CCSCC1.Cl. The van der Waals surface area contributed by atoms with E-state index in [2.05, 4.69) is 17.4 Å². The second kappa shape index (κ2) is 8.46. The Kier molecular flexibility index (Phi) is 7.28. The maximum atomic E-state index is 12.2. The van der Waals surface area contributed by atoms with Crippen molar-refractivity contribution in [1.82, 2.24) is 10.2 Å². The number of carbonyl (C=O) groups is 1. The molecule has 0 radical (unpaired) electrons. The van der Waals surface area contributed by atoms with Crippen LogP contribution in [0.5, 0.6) is 0 Å². The lowest BCUT2D eigenvalue weighted by Crippen LogP contribution is -2.47. The lowest BCUT2D eigenvalue weighted by Gasteiger charge is -2.29. The molecule has 1 aromatic rings. The maximum Gasteiger partial charge on any atom is 0.239 e. The van der Waals surface area contributed by atoms with E-state index in [0.29, 0.717) is 0 Å². The fourth-order valence-corrected chi connectivity index (χ4v) is 2.91. The van der Waals surface area contributed by atoms with Crippen LogP contribution in [0.3, 0.4) is 0 Å². The minimum absolute atomic E-state index is 0. The van der Waals surface area contributed by atoms with Crippen LogP contribution in [0.15, 0.2) is 30.3 Å². The van der Waals surface area contributed by atoms with Crippen LogP contribution >= 0.6 is 24.2 Å². The number of rotatable bonds is 4. The first-order chi connectivity index (χ1) is 8.77. The summed E-state index contributed by atoms with van der Waals surface area (Å²) in [6.07, 6.45) is 0. The number of amides is 1. The summed E-state index contributed by atoms with van der Waals surface area (Å²) in [5.41, 5.74) is 1.21. The molecule has 1 aromatic carbocycles. The van der Waals surface area contributed by atoms with Gasteiger partial charge in [0.05, 0.1) is 6.04 Å². The monoisotopic (exact) mass is 300 g/mol. The molecule has 1 aliphatic rings. The Balaban J connectivity index is 0.00000180. The van der Waals surface area contributed by atoms with Crippen LogP contribution in [0, 0.1) is 0 Å². The van der Waals surface area contributed by atoms with Crippen molar-refractivity contribution in [3.63, 3.8) is 0 Å². The smallest absolute Gasteiger partial charge is 0.239 e. The van der Waals surface area contributed by atoms with E-state index < -0.39 is 0 Å². The third-order valence-electron chi connectivity index (χ3n) is 3.15. The van der Waals surface area contributed by atoms with Crippen LogP contribution in [0.1, 0.15) is 12.5 Å². The van der Waals surface area contributed by atoms with Crippen LogP contribution in [-0.2, 0) is 11.3 Å². The van der Waals surface area contributed by atoms with Crippen LogP contribution in [0.25, 0.3) is 0 Å². The molecule has 0 bridgehead atoms. The summed E-state index contributed by atoms with van der Waals surface area (Å²) >= 11 is 1.92. The predicted molar refractivity (Wildman–Crippen MR) is 83.9 cm³/mol. The molecule has 0 aliphatic carbocycles. The van der Waals surface area contributed by atoms with Gasteiger partial charge in [0, 0.05) is 31.1 Å². The molecule has 106 valence electrons. The molecule has 1 atom stereocenters. The largest absolute Gasteiger partial charge is 0.340 e. The van der Waals surface area contributed by atoms with E-state index in [4.69, 9.17) is 0 Å². The molecule has 1 unspecified atom stereocenters. The van der Waals surface area contributed by atoms with Crippen LogP contribution in [0.2, 0.25) is 0 Å². The minimum atomic E-state index is -0.103. The second-order valence-corrected chi connectivity index (χ2v) is 5.75. The summed E-state index contributed by atoms with van der Waals surface area (Å²) in [5.74, 6) is 2.36. The molecule has 0 saturated carbocycles. The fraction of sp³-hybridized carbons (Fsp3) is 0.500. The van der Waals surface area contributed by atoms with Gasteiger partial charge in [-0.15, -0.1) is 12.4 Å². The van der Waals surface area contributed by atoms with Crippen molar-refractivity contribution in [3.8, 4) is 0 Å². The summed E-state index contributed by atoms with van der Waals surface area (Å²) in [5, 5.41) is 3.30. The molecule has 19 heavy (non-hydrogen) atoms. The molecule has 2 rings (SSSR count). The van der Waals surface area contributed by atoms with Crippen LogP contribution in [-0.4, -0.2) is 41.4 Å². The zero-order chi connectivity index (χ0) is 12.8. The van der Waals surface area contributed by atoms with E-state index in [9.17, 15) is 4.79 Å². The van der Waals surface area contributed by atoms with E-state index >= 15 is 0 Å². The first-order valence-electron chi connectivity index (χ1n) is 6.41. The van der Waals surface area contributed by atoms with Crippen molar-refractivity contribution in [1.29, 1.82) is 0 Å². The molecule has 1 heterocycles. The molecule has 3 nitrogen and oxygen atoms in total. The Labute approximate surface area is 125 Å². The summed E-state index contributed by atoms with van der Waals surface area (Å²) in [4.78, 5) is 14.1. The average Bonchev–Trinajstić information content (AvgIpc) is 2.46. The molecule has 1 N–H and O–H groups in total. The lowest BCUT2D eigenvalue weighted by molar-refractivity contribution is -0.132. The fourth-order valence-electron chi connectivity index (χ4n) is 2.01. The Bertz CT molecular complexity index is 382. The molecule has 5 heteroatoms. The molecular weight excluding hydrogens is 280 g/mol. The van der Waals surface area contributed by atoms with Crippen LogP contribution < -0.4 is 5.32 Å². The summed E-state index contributed by atoms with van der Waals surface area (Å²) in [7, 11) is 0. The Morgan fingerprint density at radius 2 is 1.95 bits per heavy atom.